The van der Waals surface area contributed by atoms with E-state index in [1.165, 1.54) is 12.1 Å². The molecule has 0 aliphatic carbocycles. The maximum Gasteiger partial charge on any atom is 0.255 e. The fourth-order valence-corrected chi connectivity index (χ4v) is 4.51. The van der Waals surface area contributed by atoms with E-state index in [1.807, 2.05) is 12.1 Å². The van der Waals surface area contributed by atoms with Crippen molar-refractivity contribution in [1.29, 1.82) is 5.26 Å². The lowest BCUT2D eigenvalue weighted by molar-refractivity contribution is -0.128. The highest BCUT2D eigenvalue weighted by atomic mass is 19.1. The highest BCUT2D eigenvalue weighted by Crippen LogP contribution is 2.25. The van der Waals surface area contributed by atoms with Crippen LogP contribution in [0.1, 0.15) is 34.3 Å². The molecule has 3 aromatic rings. The first-order valence-electron chi connectivity index (χ1n) is 12.3. The van der Waals surface area contributed by atoms with Gasteiger partial charge < -0.3 is 21.3 Å². The Kier molecular flexibility index (Phi) is 8.44. The van der Waals surface area contributed by atoms with Crippen molar-refractivity contribution in [3.63, 3.8) is 0 Å². The standard InChI is InChI=1S/C28H29FN6O2/c29-21-6-3-4-19(16-21)12-14-32-27-24(9-10-25(34-27)23-7-2-1-5-20(23)17-31)28(37)33-18-22-8-11-26(36)35(22)15-13-30/h1-7,9-10,16,22H,8,11-15,18,30H2,(H,32,34)(H,33,37)/t22-/m1/s1. The van der Waals surface area contributed by atoms with Crippen molar-refractivity contribution in [3.8, 4) is 17.3 Å². The molecule has 2 amide bonds. The van der Waals surface area contributed by atoms with Gasteiger partial charge in [0.2, 0.25) is 5.91 Å². The minimum atomic E-state index is -0.326. The molecular weight excluding hydrogens is 471 g/mol. The number of carbonyl (C=O) groups excluding carboxylic acids is 2. The van der Waals surface area contributed by atoms with Crippen molar-refractivity contribution >= 4 is 17.6 Å². The van der Waals surface area contributed by atoms with Gasteiger partial charge >= 0.3 is 0 Å². The topological polar surface area (TPSA) is 124 Å². The third kappa shape index (κ3) is 6.29. The Bertz CT molecular complexity index is 1320. The van der Waals surface area contributed by atoms with E-state index in [0.717, 1.165) is 5.56 Å². The molecule has 0 bridgehead atoms. The maximum absolute atomic E-state index is 13.6. The van der Waals surface area contributed by atoms with E-state index >= 15 is 0 Å². The van der Waals surface area contributed by atoms with Crippen LogP contribution in [0.4, 0.5) is 10.2 Å². The molecule has 1 aliphatic heterocycles. The van der Waals surface area contributed by atoms with Crippen molar-refractivity contribution < 1.29 is 14.0 Å². The normalized spacial score (nSPS) is 14.9. The lowest BCUT2D eigenvalue weighted by Gasteiger charge is -2.24. The molecule has 4 N–H and O–H groups in total. The highest BCUT2D eigenvalue weighted by Gasteiger charge is 2.30. The third-order valence-corrected chi connectivity index (χ3v) is 6.38. The zero-order valence-corrected chi connectivity index (χ0v) is 20.4. The minimum absolute atomic E-state index is 0.0478. The monoisotopic (exact) mass is 500 g/mol. The Balaban J connectivity index is 1.54. The minimum Gasteiger partial charge on any atom is -0.369 e. The van der Waals surface area contributed by atoms with Crippen molar-refractivity contribution in [1.82, 2.24) is 15.2 Å². The van der Waals surface area contributed by atoms with Crippen LogP contribution in [0.25, 0.3) is 11.3 Å². The summed E-state index contributed by atoms with van der Waals surface area (Å²) < 4.78 is 13.6. The Morgan fingerprint density at radius 1 is 1.19 bits per heavy atom. The molecule has 37 heavy (non-hydrogen) atoms. The van der Waals surface area contributed by atoms with Crippen LogP contribution in [0.5, 0.6) is 0 Å². The second kappa shape index (κ2) is 12.1. The first-order valence-corrected chi connectivity index (χ1v) is 12.3. The summed E-state index contributed by atoms with van der Waals surface area (Å²) in [7, 11) is 0. The van der Waals surface area contributed by atoms with Crippen LogP contribution >= 0.6 is 0 Å². The van der Waals surface area contributed by atoms with Gasteiger partial charge in [0, 0.05) is 44.2 Å². The molecule has 9 heteroatoms. The fraction of sp³-hybridized carbons (Fsp3) is 0.286. The molecule has 190 valence electrons. The van der Waals surface area contributed by atoms with Gasteiger partial charge in [0.1, 0.15) is 11.6 Å². The van der Waals surface area contributed by atoms with Crippen LogP contribution < -0.4 is 16.4 Å². The molecule has 1 atom stereocenters. The molecule has 1 fully saturated rings. The van der Waals surface area contributed by atoms with Gasteiger partial charge in [-0.1, -0.05) is 30.3 Å². The number of pyridine rings is 1. The molecule has 1 aromatic heterocycles. The zero-order chi connectivity index (χ0) is 26.2. The number of nitrogens with one attached hydrogen (secondary N) is 2. The largest absolute Gasteiger partial charge is 0.369 e. The van der Waals surface area contributed by atoms with Gasteiger partial charge in [-0.25, -0.2) is 9.37 Å². The summed E-state index contributed by atoms with van der Waals surface area (Å²) in [5.74, 6) is -0.222. The van der Waals surface area contributed by atoms with Gasteiger partial charge in [-0.2, -0.15) is 5.26 Å². The summed E-state index contributed by atoms with van der Waals surface area (Å²) in [6, 6.07) is 18.9. The number of hydrogen-bond donors (Lipinski definition) is 3. The van der Waals surface area contributed by atoms with Gasteiger partial charge in [0.25, 0.3) is 5.91 Å². The number of carbonyl (C=O) groups is 2. The number of nitriles is 1. The van der Waals surface area contributed by atoms with E-state index in [4.69, 9.17) is 5.73 Å². The number of anilines is 1. The van der Waals surface area contributed by atoms with Crippen LogP contribution in [0, 0.1) is 17.1 Å². The number of amides is 2. The summed E-state index contributed by atoms with van der Waals surface area (Å²) in [4.78, 5) is 31.7. The van der Waals surface area contributed by atoms with Gasteiger partial charge in [0.05, 0.1) is 22.9 Å². The summed E-state index contributed by atoms with van der Waals surface area (Å²) in [6.45, 7) is 1.56. The Morgan fingerprint density at radius 2 is 2.03 bits per heavy atom. The summed E-state index contributed by atoms with van der Waals surface area (Å²) in [5.41, 5.74) is 8.48. The van der Waals surface area contributed by atoms with E-state index in [-0.39, 0.29) is 23.7 Å². The van der Waals surface area contributed by atoms with Crippen LogP contribution in [0.3, 0.4) is 0 Å². The predicted octanol–water partition coefficient (Wildman–Crippen LogP) is 3.09. The van der Waals surface area contributed by atoms with Crippen LogP contribution in [0.2, 0.25) is 0 Å². The second-order valence-electron chi connectivity index (χ2n) is 8.84. The number of benzene rings is 2. The van der Waals surface area contributed by atoms with Crippen LogP contribution in [-0.4, -0.2) is 53.9 Å². The van der Waals surface area contributed by atoms with Gasteiger partial charge in [-0.15, -0.1) is 0 Å². The Morgan fingerprint density at radius 3 is 2.81 bits per heavy atom. The summed E-state index contributed by atoms with van der Waals surface area (Å²) >= 11 is 0. The molecule has 0 radical (unpaired) electrons. The molecule has 0 saturated carbocycles. The van der Waals surface area contributed by atoms with Crippen molar-refractivity contribution in [2.75, 3.05) is 31.5 Å². The number of hydrogen-bond acceptors (Lipinski definition) is 6. The molecular formula is C28H29FN6O2. The molecule has 1 saturated heterocycles. The highest BCUT2D eigenvalue weighted by molar-refractivity contribution is 5.99. The number of halogens is 1. The predicted molar refractivity (Wildman–Crippen MR) is 139 cm³/mol. The quantitative estimate of drug-likeness (QED) is 0.393. The van der Waals surface area contributed by atoms with E-state index in [0.29, 0.717) is 73.6 Å². The second-order valence-corrected chi connectivity index (χ2v) is 8.84. The maximum atomic E-state index is 13.6. The van der Waals surface area contributed by atoms with Crippen molar-refractivity contribution in [3.05, 3.63) is 83.2 Å². The Labute approximate surface area is 215 Å². The first-order chi connectivity index (χ1) is 18.0. The summed E-state index contributed by atoms with van der Waals surface area (Å²) in [6.07, 6.45) is 1.64. The molecule has 0 unspecified atom stereocenters. The average molecular weight is 501 g/mol. The van der Waals surface area contributed by atoms with Crippen LogP contribution in [-0.2, 0) is 11.2 Å². The van der Waals surface area contributed by atoms with Crippen LogP contribution in [0.15, 0.2) is 60.7 Å². The van der Waals surface area contributed by atoms with E-state index < -0.39 is 0 Å². The molecule has 1 aliphatic rings. The number of likely N-dealkylation sites (tertiary alicyclic amines) is 1. The lowest BCUT2D eigenvalue weighted by Crippen LogP contribution is -2.43. The average Bonchev–Trinajstić information content (AvgIpc) is 3.26. The number of nitrogens with two attached hydrogens (primary N) is 1. The fourth-order valence-electron chi connectivity index (χ4n) is 4.51. The Hall–Kier alpha value is -4.29. The molecule has 8 nitrogen and oxygen atoms in total. The van der Waals surface area contributed by atoms with E-state index in [2.05, 4.69) is 21.7 Å². The molecule has 2 aromatic carbocycles. The van der Waals surface area contributed by atoms with Gasteiger partial charge in [-0.05, 0) is 48.7 Å². The number of aromatic nitrogens is 1. The molecule has 4 rings (SSSR count). The molecule has 0 spiro atoms. The van der Waals surface area contributed by atoms with E-state index in [9.17, 15) is 19.2 Å². The third-order valence-electron chi connectivity index (χ3n) is 6.38. The van der Waals surface area contributed by atoms with Gasteiger partial charge in [0.15, 0.2) is 0 Å². The van der Waals surface area contributed by atoms with Gasteiger partial charge in [-0.3, -0.25) is 9.59 Å². The lowest BCUT2D eigenvalue weighted by atomic mass is 10.0. The summed E-state index contributed by atoms with van der Waals surface area (Å²) in [5, 5.41) is 15.7. The number of rotatable bonds is 10. The first kappa shape index (κ1) is 25.8. The molecule has 2 heterocycles. The van der Waals surface area contributed by atoms with Crippen molar-refractivity contribution in [2.24, 2.45) is 5.73 Å². The van der Waals surface area contributed by atoms with Crippen molar-refractivity contribution in [2.45, 2.75) is 25.3 Å². The zero-order valence-electron chi connectivity index (χ0n) is 20.4. The SMILES string of the molecule is N#Cc1ccccc1-c1ccc(C(=O)NC[C@H]2CCC(=O)N2CCN)c(NCCc2cccc(F)c2)n1. The smallest absolute Gasteiger partial charge is 0.255 e. The number of nitrogens with zero attached hydrogens (tertiary/aromatic N) is 3. The van der Waals surface area contributed by atoms with E-state index in [1.54, 1.807) is 41.3 Å².